The predicted octanol–water partition coefficient (Wildman–Crippen LogP) is 2.69. The lowest BCUT2D eigenvalue weighted by atomic mass is 9.88. The Morgan fingerprint density at radius 3 is 1.97 bits per heavy atom. The molecule has 0 saturated carbocycles. The number of aliphatic hydroxyl groups excluding tert-OH is 2. The van der Waals surface area contributed by atoms with Crippen molar-refractivity contribution in [3.63, 3.8) is 0 Å². The van der Waals surface area contributed by atoms with Crippen molar-refractivity contribution in [2.75, 3.05) is 6.61 Å². The van der Waals surface area contributed by atoms with Gasteiger partial charge in [0.15, 0.2) is 5.92 Å². The van der Waals surface area contributed by atoms with Gasteiger partial charge in [-0.05, 0) is 36.8 Å². The number of rotatable bonds is 15. The van der Waals surface area contributed by atoms with Gasteiger partial charge in [0, 0.05) is 0 Å². The first-order valence-corrected chi connectivity index (χ1v) is 10.1. The number of aryl methyl sites for hydroxylation is 2. The van der Waals surface area contributed by atoms with E-state index in [1.165, 1.54) is 37.7 Å². The molecule has 1 aromatic carbocycles. The molecule has 29 heavy (non-hydrogen) atoms. The van der Waals surface area contributed by atoms with E-state index in [9.17, 15) is 35.5 Å². The topological polar surface area (TPSA) is 147 Å². The summed E-state index contributed by atoms with van der Waals surface area (Å²) in [6, 6.07) is 7.58. The lowest BCUT2D eigenvalue weighted by Crippen LogP contribution is -2.55. The molecule has 0 aliphatic heterocycles. The van der Waals surface area contributed by atoms with Gasteiger partial charge >= 0.3 is 12.0 Å². The van der Waals surface area contributed by atoms with Crippen LogP contribution in [0.15, 0.2) is 24.3 Å². The van der Waals surface area contributed by atoms with E-state index in [1.807, 2.05) is 24.3 Å². The molecule has 0 aliphatic carbocycles. The summed E-state index contributed by atoms with van der Waals surface area (Å²) in [5.41, 5.74) is -1.03. The number of nitrogens with zero attached hydrogens (tertiary/aromatic N) is 2. The van der Waals surface area contributed by atoms with Crippen LogP contribution < -0.4 is 0 Å². The van der Waals surface area contributed by atoms with Crippen LogP contribution in [0.2, 0.25) is 0 Å². The van der Waals surface area contributed by atoms with Crippen LogP contribution in [0.1, 0.15) is 63.0 Å². The molecule has 0 bridgehead atoms. The van der Waals surface area contributed by atoms with Crippen molar-refractivity contribution in [2.24, 2.45) is 5.92 Å². The normalized spacial score (nSPS) is 15.4. The molecule has 3 atom stereocenters. The first-order chi connectivity index (χ1) is 13.8. The standard InChI is InChI=1S/C20H32N2O7/c1-2-3-4-5-6-7-8-16-9-11-17(12-10-16)13-14-18(19(24)21(26)27)20(25,15-23)22(28)29/h9-12,18-19,23-25H,2-8,13-15H2,1H3. The minimum absolute atomic E-state index is 0.184. The fourth-order valence-electron chi connectivity index (χ4n) is 3.38. The van der Waals surface area contributed by atoms with Gasteiger partial charge in [-0.2, -0.15) is 0 Å². The Labute approximate surface area is 170 Å². The van der Waals surface area contributed by atoms with Crippen molar-refractivity contribution in [1.82, 2.24) is 0 Å². The molecule has 1 aromatic rings. The molecule has 0 radical (unpaired) electrons. The molecule has 164 valence electrons. The van der Waals surface area contributed by atoms with Gasteiger partial charge in [0.25, 0.3) is 0 Å². The van der Waals surface area contributed by atoms with Crippen LogP contribution in [0.3, 0.4) is 0 Å². The van der Waals surface area contributed by atoms with Gasteiger partial charge < -0.3 is 15.3 Å². The van der Waals surface area contributed by atoms with E-state index < -0.39 is 34.3 Å². The van der Waals surface area contributed by atoms with Crippen LogP contribution in [0, 0.1) is 26.1 Å². The highest BCUT2D eigenvalue weighted by molar-refractivity contribution is 5.22. The highest BCUT2D eigenvalue weighted by Crippen LogP contribution is 2.27. The summed E-state index contributed by atoms with van der Waals surface area (Å²) >= 11 is 0. The van der Waals surface area contributed by atoms with Gasteiger partial charge in [-0.25, -0.2) is 0 Å². The second-order valence-electron chi connectivity index (χ2n) is 7.47. The van der Waals surface area contributed by atoms with Crippen LogP contribution in [0.4, 0.5) is 0 Å². The zero-order valence-electron chi connectivity index (χ0n) is 16.9. The summed E-state index contributed by atoms with van der Waals surface area (Å²) < 4.78 is 0. The van der Waals surface area contributed by atoms with Crippen LogP contribution in [0.5, 0.6) is 0 Å². The molecule has 0 aromatic heterocycles. The quantitative estimate of drug-likeness (QED) is 0.174. The Morgan fingerprint density at radius 1 is 0.966 bits per heavy atom. The van der Waals surface area contributed by atoms with Gasteiger partial charge in [0.1, 0.15) is 6.61 Å². The summed E-state index contributed by atoms with van der Waals surface area (Å²) in [7, 11) is 0. The smallest absolute Gasteiger partial charge is 0.357 e. The zero-order chi connectivity index (χ0) is 21.9. The van der Waals surface area contributed by atoms with Crippen LogP contribution >= 0.6 is 0 Å². The highest BCUT2D eigenvalue weighted by atomic mass is 16.7. The Bertz CT molecular complexity index is 638. The van der Waals surface area contributed by atoms with E-state index in [2.05, 4.69) is 6.92 Å². The van der Waals surface area contributed by atoms with Gasteiger partial charge in [-0.3, -0.25) is 20.2 Å². The molecule has 3 N–H and O–H groups in total. The summed E-state index contributed by atoms with van der Waals surface area (Å²) in [5.74, 6) is -1.75. The third-order valence-electron chi connectivity index (χ3n) is 5.30. The highest BCUT2D eigenvalue weighted by Gasteiger charge is 2.55. The Morgan fingerprint density at radius 2 is 1.48 bits per heavy atom. The monoisotopic (exact) mass is 412 g/mol. The van der Waals surface area contributed by atoms with Gasteiger partial charge in [-0.1, -0.05) is 63.3 Å². The molecule has 0 spiro atoms. The lowest BCUT2D eigenvalue weighted by Gasteiger charge is -2.26. The SMILES string of the molecule is CCCCCCCCc1ccc(CCC(C(O)[N+](=O)[O-])C(O)(CO)[N+](=O)[O-])cc1. The molecule has 0 saturated heterocycles. The third-order valence-corrected chi connectivity index (χ3v) is 5.30. The fraction of sp³-hybridized carbons (Fsp3) is 0.700. The molecule has 9 heteroatoms. The average molecular weight is 412 g/mol. The Balaban J connectivity index is 2.66. The fourth-order valence-corrected chi connectivity index (χ4v) is 3.38. The Hall–Kier alpha value is -2.10. The summed E-state index contributed by atoms with van der Waals surface area (Å²) in [5, 5.41) is 51.0. The minimum Gasteiger partial charge on any atom is -0.386 e. The molecule has 0 aliphatic rings. The van der Waals surface area contributed by atoms with Crippen molar-refractivity contribution in [3.8, 4) is 0 Å². The molecular weight excluding hydrogens is 380 g/mol. The predicted molar refractivity (Wildman–Crippen MR) is 107 cm³/mol. The number of unbranched alkanes of at least 4 members (excludes halogenated alkanes) is 5. The van der Waals surface area contributed by atoms with Crippen molar-refractivity contribution < 1.29 is 25.2 Å². The maximum atomic E-state index is 11.1. The van der Waals surface area contributed by atoms with E-state index in [-0.39, 0.29) is 12.8 Å². The third kappa shape index (κ3) is 7.68. The summed E-state index contributed by atoms with van der Waals surface area (Å²) in [6.07, 6.45) is 5.83. The van der Waals surface area contributed by atoms with E-state index >= 15 is 0 Å². The molecule has 1 rings (SSSR count). The summed E-state index contributed by atoms with van der Waals surface area (Å²) in [6.45, 7) is 0.857. The maximum absolute atomic E-state index is 11.1. The zero-order valence-corrected chi connectivity index (χ0v) is 16.9. The first-order valence-electron chi connectivity index (χ1n) is 10.1. The number of nitro groups is 2. The van der Waals surface area contributed by atoms with Crippen LogP contribution in [-0.4, -0.2) is 43.7 Å². The second-order valence-corrected chi connectivity index (χ2v) is 7.47. The molecular formula is C20H32N2O7. The van der Waals surface area contributed by atoms with Gasteiger partial charge in [0.2, 0.25) is 0 Å². The van der Waals surface area contributed by atoms with E-state index in [4.69, 9.17) is 0 Å². The number of aliphatic hydroxyl groups is 3. The van der Waals surface area contributed by atoms with Crippen LogP contribution in [0.25, 0.3) is 0 Å². The van der Waals surface area contributed by atoms with E-state index in [0.29, 0.717) is 0 Å². The van der Waals surface area contributed by atoms with E-state index in [0.717, 1.165) is 18.4 Å². The Kier molecular flexibility index (Phi) is 10.7. The lowest BCUT2D eigenvalue weighted by molar-refractivity contribution is -0.671. The first kappa shape index (κ1) is 24.9. The number of benzene rings is 1. The second kappa shape index (κ2) is 12.5. The molecule has 0 heterocycles. The maximum Gasteiger partial charge on any atom is 0.357 e. The number of hydrogen-bond donors (Lipinski definition) is 3. The van der Waals surface area contributed by atoms with Crippen LogP contribution in [-0.2, 0) is 12.8 Å². The largest absolute Gasteiger partial charge is 0.386 e. The van der Waals surface area contributed by atoms with Crippen molar-refractivity contribution in [3.05, 3.63) is 55.6 Å². The van der Waals surface area contributed by atoms with Crippen molar-refractivity contribution >= 4 is 0 Å². The van der Waals surface area contributed by atoms with Gasteiger partial charge in [-0.15, -0.1) is 0 Å². The van der Waals surface area contributed by atoms with E-state index in [1.54, 1.807) is 0 Å². The summed E-state index contributed by atoms with van der Waals surface area (Å²) in [4.78, 5) is 19.7. The van der Waals surface area contributed by atoms with Crippen molar-refractivity contribution in [2.45, 2.75) is 76.7 Å². The van der Waals surface area contributed by atoms with Gasteiger partial charge in [0.05, 0.1) is 9.85 Å². The van der Waals surface area contributed by atoms with Crippen molar-refractivity contribution in [1.29, 1.82) is 0 Å². The molecule has 3 unspecified atom stereocenters. The number of hydrogen-bond acceptors (Lipinski definition) is 7. The molecule has 0 amide bonds. The average Bonchev–Trinajstić information content (AvgIpc) is 2.70. The minimum atomic E-state index is -2.98. The molecule has 9 nitrogen and oxygen atoms in total. The molecule has 0 fully saturated rings.